The van der Waals surface area contributed by atoms with Gasteiger partial charge in [-0.2, -0.15) is 13.8 Å². The lowest BCUT2D eigenvalue weighted by Crippen LogP contribution is -2.22. The fourth-order valence-electron chi connectivity index (χ4n) is 3.44. The van der Waals surface area contributed by atoms with E-state index in [4.69, 9.17) is 4.74 Å². The molecule has 0 radical (unpaired) electrons. The molecule has 4 rings (SSSR count). The second-order valence-electron chi connectivity index (χ2n) is 7.15. The van der Waals surface area contributed by atoms with Crippen LogP contribution in [-0.2, 0) is 18.3 Å². The maximum absolute atomic E-state index is 12.3. The van der Waals surface area contributed by atoms with Crippen LogP contribution in [-0.4, -0.2) is 38.8 Å². The Bertz CT molecular complexity index is 1010. The molecule has 0 saturated carbocycles. The average Bonchev–Trinajstić information content (AvgIpc) is 3.08. The lowest BCUT2D eigenvalue weighted by atomic mass is 9.95. The summed E-state index contributed by atoms with van der Waals surface area (Å²) in [6, 6.07) is 10.0. The molecule has 2 aromatic heterocycles. The Kier molecular flexibility index (Phi) is 6.18. The molecule has 158 valence electrons. The number of benzene rings is 1. The van der Waals surface area contributed by atoms with Crippen LogP contribution in [0.5, 0.6) is 5.88 Å². The van der Waals surface area contributed by atoms with Crippen LogP contribution in [0.15, 0.2) is 48.8 Å². The Labute approximate surface area is 172 Å². The number of fused-ring (bicyclic) bond motifs is 1. The fourth-order valence-corrected chi connectivity index (χ4v) is 3.44. The zero-order valence-electron chi connectivity index (χ0n) is 16.5. The number of imidazole rings is 1. The molecule has 0 amide bonds. The van der Waals surface area contributed by atoms with Crippen LogP contribution in [0.25, 0.3) is 11.2 Å². The maximum atomic E-state index is 12.3. The highest BCUT2D eigenvalue weighted by Gasteiger charge is 2.21. The van der Waals surface area contributed by atoms with Crippen molar-refractivity contribution < 1.29 is 18.3 Å². The van der Waals surface area contributed by atoms with Gasteiger partial charge in [0.05, 0.1) is 12.7 Å². The molecule has 1 aliphatic carbocycles. The number of ether oxygens (including phenoxy) is 2. The van der Waals surface area contributed by atoms with E-state index in [-0.39, 0.29) is 5.92 Å². The molecule has 0 aliphatic heterocycles. The second-order valence-corrected chi connectivity index (χ2v) is 7.15. The van der Waals surface area contributed by atoms with E-state index in [0.29, 0.717) is 49.0 Å². The summed E-state index contributed by atoms with van der Waals surface area (Å²) in [5.74, 6) is 1.18. The third-order valence-corrected chi connectivity index (χ3v) is 5.05. The first kappa shape index (κ1) is 20.2. The molecule has 7 nitrogen and oxygen atoms in total. The van der Waals surface area contributed by atoms with Gasteiger partial charge in [-0.3, -0.25) is 4.57 Å². The first-order valence-electron chi connectivity index (χ1n) is 9.80. The summed E-state index contributed by atoms with van der Waals surface area (Å²) in [4.78, 5) is 13.2. The molecule has 0 fully saturated rings. The number of hydrogen-bond donors (Lipinski definition) is 1. The van der Waals surface area contributed by atoms with Crippen molar-refractivity contribution in [1.29, 1.82) is 0 Å². The lowest BCUT2D eigenvalue weighted by molar-refractivity contribution is -0.153. The Morgan fingerprint density at radius 2 is 2.00 bits per heavy atom. The van der Waals surface area contributed by atoms with E-state index in [0.717, 1.165) is 5.56 Å². The van der Waals surface area contributed by atoms with E-state index in [1.165, 1.54) is 6.33 Å². The number of nitrogens with one attached hydrogen (secondary N) is 1. The fraction of sp³-hybridized carbons (Fsp3) is 0.381. The number of rotatable bonds is 8. The maximum Gasteiger partial charge on any atom is 0.345 e. The minimum atomic E-state index is -2.75. The quantitative estimate of drug-likeness (QED) is 0.562. The first-order valence-corrected chi connectivity index (χ1v) is 9.80. The second kappa shape index (κ2) is 9.17. The van der Waals surface area contributed by atoms with E-state index < -0.39 is 12.7 Å². The van der Waals surface area contributed by atoms with Gasteiger partial charge in [0, 0.05) is 19.5 Å². The van der Waals surface area contributed by atoms with Crippen LogP contribution in [0.4, 0.5) is 14.7 Å². The van der Waals surface area contributed by atoms with Gasteiger partial charge in [0.1, 0.15) is 6.33 Å². The van der Waals surface area contributed by atoms with Crippen LogP contribution >= 0.6 is 0 Å². The van der Waals surface area contributed by atoms with E-state index in [1.54, 1.807) is 6.08 Å². The molecule has 9 heteroatoms. The van der Waals surface area contributed by atoms with Crippen LogP contribution in [0.2, 0.25) is 0 Å². The molecule has 1 aliphatic rings. The number of alkyl halides is 2. The SMILES string of the molecule is Cn1c(NCc2ccccc2)nc2c(OCC3C=CC(OC(F)F)CC3)ncnc21. The van der Waals surface area contributed by atoms with Crippen molar-refractivity contribution in [3.8, 4) is 5.88 Å². The van der Waals surface area contributed by atoms with Gasteiger partial charge in [0.25, 0.3) is 0 Å². The highest BCUT2D eigenvalue weighted by molar-refractivity contribution is 5.79. The van der Waals surface area contributed by atoms with Gasteiger partial charge in [0.2, 0.25) is 11.8 Å². The first-order chi connectivity index (χ1) is 14.6. The molecule has 30 heavy (non-hydrogen) atoms. The van der Waals surface area contributed by atoms with Crippen molar-refractivity contribution in [3.63, 3.8) is 0 Å². The smallest absolute Gasteiger partial charge is 0.345 e. The molecular weight excluding hydrogens is 392 g/mol. The molecule has 0 bridgehead atoms. The van der Waals surface area contributed by atoms with Crippen LogP contribution in [0, 0.1) is 5.92 Å². The molecule has 1 N–H and O–H groups in total. The molecule has 1 aromatic carbocycles. The third-order valence-electron chi connectivity index (χ3n) is 5.05. The topological polar surface area (TPSA) is 74.1 Å². The van der Waals surface area contributed by atoms with E-state index in [2.05, 4.69) is 25.0 Å². The number of nitrogens with zero attached hydrogens (tertiary/aromatic N) is 4. The number of anilines is 1. The summed E-state index contributed by atoms with van der Waals surface area (Å²) in [6.07, 6.45) is 5.68. The highest BCUT2D eigenvalue weighted by atomic mass is 19.3. The zero-order chi connectivity index (χ0) is 20.9. The predicted molar refractivity (Wildman–Crippen MR) is 108 cm³/mol. The predicted octanol–water partition coefficient (Wildman–Crippen LogP) is 3.93. The van der Waals surface area contributed by atoms with Crippen LogP contribution in [0.1, 0.15) is 18.4 Å². The van der Waals surface area contributed by atoms with E-state index in [1.807, 2.05) is 48.0 Å². The molecule has 0 spiro atoms. The van der Waals surface area contributed by atoms with E-state index in [9.17, 15) is 8.78 Å². The summed E-state index contributed by atoms with van der Waals surface area (Å²) >= 11 is 0. The van der Waals surface area contributed by atoms with Crippen molar-refractivity contribution in [1.82, 2.24) is 19.5 Å². The van der Waals surface area contributed by atoms with Gasteiger partial charge < -0.3 is 14.8 Å². The Morgan fingerprint density at radius 1 is 1.17 bits per heavy atom. The Hall–Kier alpha value is -3.07. The Morgan fingerprint density at radius 3 is 2.73 bits per heavy atom. The number of aromatic nitrogens is 4. The van der Waals surface area contributed by atoms with Gasteiger partial charge in [-0.05, 0) is 18.4 Å². The van der Waals surface area contributed by atoms with Gasteiger partial charge in [-0.25, -0.2) is 9.97 Å². The highest BCUT2D eigenvalue weighted by Crippen LogP contribution is 2.26. The molecule has 2 heterocycles. The van der Waals surface area contributed by atoms with Crippen molar-refractivity contribution in [2.24, 2.45) is 13.0 Å². The Balaban J connectivity index is 1.42. The zero-order valence-corrected chi connectivity index (χ0v) is 16.5. The standard InChI is InChI=1S/C21H23F2N5O2/c1-28-18-17(27-21(28)24-11-14-5-3-2-4-6-14)19(26-13-25-18)29-12-15-7-9-16(10-8-15)30-20(22)23/h2-7,9,13,15-16,20H,8,10-12H2,1H3,(H,24,27). The van der Waals surface area contributed by atoms with E-state index >= 15 is 0 Å². The number of halogens is 2. The minimum absolute atomic E-state index is 0.104. The summed E-state index contributed by atoms with van der Waals surface area (Å²) in [6.45, 7) is -1.74. The summed E-state index contributed by atoms with van der Waals surface area (Å²) < 4.78 is 36.9. The van der Waals surface area contributed by atoms with Gasteiger partial charge in [-0.1, -0.05) is 42.5 Å². The molecule has 3 aromatic rings. The molecular formula is C21H23F2N5O2. The van der Waals surface area contributed by atoms with Crippen molar-refractivity contribution in [2.45, 2.75) is 32.1 Å². The third kappa shape index (κ3) is 4.73. The molecule has 0 saturated heterocycles. The average molecular weight is 415 g/mol. The monoisotopic (exact) mass is 415 g/mol. The van der Waals surface area contributed by atoms with Crippen LogP contribution < -0.4 is 10.1 Å². The largest absolute Gasteiger partial charge is 0.475 e. The summed E-state index contributed by atoms with van der Waals surface area (Å²) in [7, 11) is 1.88. The van der Waals surface area contributed by atoms with Crippen molar-refractivity contribution >= 4 is 17.1 Å². The lowest BCUT2D eigenvalue weighted by Gasteiger charge is -2.22. The minimum Gasteiger partial charge on any atom is -0.475 e. The normalized spacial score (nSPS) is 18.8. The van der Waals surface area contributed by atoms with Gasteiger partial charge in [-0.15, -0.1) is 0 Å². The van der Waals surface area contributed by atoms with Crippen molar-refractivity contribution in [3.05, 3.63) is 54.4 Å². The van der Waals surface area contributed by atoms with Gasteiger partial charge in [0.15, 0.2) is 11.2 Å². The molecule has 2 atom stereocenters. The van der Waals surface area contributed by atoms with Gasteiger partial charge >= 0.3 is 6.61 Å². The summed E-state index contributed by atoms with van der Waals surface area (Å²) in [5.41, 5.74) is 2.39. The summed E-state index contributed by atoms with van der Waals surface area (Å²) in [5, 5.41) is 3.31. The van der Waals surface area contributed by atoms with Crippen molar-refractivity contribution in [2.75, 3.05) is 11.9 Å². The molecule has 2 unspecified atom stereocenters. The number of hydrogen-bond acceptors (Lipinski definition) is 6. The number of aryl methyl sites for hydroxylation is 1. The van der Waals surface area contributed by atoms with Crippen LogP contribution in [0.3, 0.4) is 0 Å².